The van der Waals surface area contributed by atoms with Crippen molar-refractivity contribution in [1.82, 2.24) is 0 Å². The third-order valence-corrected chi connectivity index (χ3v) is 1.95. The molecule has 2 N–H and O–H groups in total. The minimum absolute atomic E-state index is 0. The van der Waals surface area contributed by atoms with E-state index in [4.69, 9.17) is 5.73 Å². The molecular weight excluding hydrogens is 236 g/mol. The summed E-state index contributed by atoms with van der Waals surface area (Å²) in [6.07, 6.45) is 2.36. The van der Waals surface area contributed by atoms with Crippen LogP contribution in [0, 0.1) is 0 Å². The van der Waals surface area contributed by atoms with Crippen LogP contribution in [0.2, 0.25) is 0 Å². The molecule has 0 amide bonds. The van der Waals surface area contributed by atoms with E-state index in [-0.39, 0.29) is 24.2 Å². The van der Waals surface area contributed by atoms with E-state index in [1.165, 1.54) is 12.1 Å². The molecule has 0 aromatic heterocycles. The Bertz CT molecular complexity index is 316. The van der Waals surface area contributed by atoms with Gasteiger partial charge in [0.15, 0.2) is 0 Å². The summed E-state index contributed by atoms with van der Waals surface area (Å²) in [7, 11) is 0. The van der Waals surface area contributed by atoms with Crippen molar-refractivity contribution in [2.24, 2.45) is 5.73 Å². The molecule has 0 saturated heterocycles. The maximum atomic E-state index is 11.8. The molecule has 0 saturated carbocycles. The van der Waals surface area contributed by atoms with Crippen molar-refractivity contribution in [2.45, 2.75) is 19.1 Å². The molecule has 0 bridgehead atoms. The Kier molecular flexibility index (Phi) is 6.69. The van der Waals surface area contributed by atoms with Crippen molar-refractivity contribution in [3.63, 3.8) is 0 Å². The molecule has 1 atom stereocenters. The number of ether oxygens (including phenoxy) is 1. The van der Waals surface area contributed by atoms with E-state index in [0.29, 0.717) is 6.42 Å². The van der Waals surface area contributed by atoms with Gasteiger partial charge >= 0.3 is 6.61 Å². The van der Waals surface area contributed by atoms with E-state index in [1.54, 1.807) is 18.2 Å². The minimum Gasteiger partial charge on any atom is -0.435 e. The molecule has 90 valence electrons. The maximum absolute atomic E-state index is 11.8. The summed E-state index contributed by atoms with van der Waals surface area (Å²) < 4.78 is 27.9. The van der Waals surface area contributed by atoms with Crippen LogP contribution in [-0.4, -0.2) is 6.61 Å². The quantitative estimate of drug-likeness (QED) is 0.813. The van der Waals surface area contributed by atoms with E-state index in [0.717, 1.165) is 5.56 Å². The van der Waals surface area contributed by atoms with Crippen LogP contribution in [0.5, 0.6) is 5.75 Å². The van der Waals surface area contributed by atoms with Gasteiger partial charge in [0.05, 0.1) is 0 Å². The molecule has 16 heavy (non-hydrogen) atoms. The van der Waals surface area contributed by atoms with Gasteiger partial charge < -0.3 is 10.5 Å². The van der Waals surface area contributed by atoms with Crippen LogP contribution >= 0.6 is 12.4 Å². The smallest absolute Gasteiger partial charge is 0.387 e. The predicted octanol–water partition coefficient (Wildman–Crippen LogP) is 3.29. The van der Waals surface area contributed by atoms with Crippen LogP contribution in [0.1, 0.15) is 18.0 Å². The molecule has 0 unspecified atom stereocenters. The van der Waals surface area contributed by atoms with E-state index >= 15 is 0 Å². The lowest BCUT2D eigenvalue weighted by Gasteiger charge is -2.10. The second-order valence-corrected chi connectivity index (χ2v) is 3.08. The summed E-state index contributed by atoms with van der Waals surface area (Å²) in [5.41, 5.74) is 6.67. The van der Waals surface area contributed by atoms with E-state index < -0.39 is 6.61 Å². The predicted molar refractivity (Wildman–Crippen MR) is 62.1 cm³/mol. The first-order chi connectivity index (χ1) is 7.13. The van der Waals surface area contributed by atoms with Crippen molar-refractivity contribution in [2.75, 3.05) is 0 Å². The first kappa shape index (κ1) is 14.9. The van der Waals surface area contributed by atoms with Crippen LogP contribution in [0.25, 0.3) is 0 Å². The average molecular weight is 250 g/mol. The fourth-order valence-corrected chi connectivity index (χ4v) is 1.21. The first-order valence-corrected chi connectivity index (χ1v) is 4.54. The highest BCUT2D eigenvalue weighted by Crippen LogP contribution is 2.19. The molecule has 0 fully saturated rings. The number of alkyl halides is 2. The summed E-state index contributed by atoms with van der Waals surface area (Å²) in [5, 5.41) is 0. The molecular formula is C11H14ClF2NO. The third-order valence-electron chi connectivity index (χ3n) is 1.95. The standard InChI is InChI=1S/C11H13F2NO.ClH/c1-2-3-10(14)8-4-6-9(7-5-8)15-11(12)13;/h2,4-7,10-11H,1,3,14H2;1H/t10-;/m1./s1. The molecule has 1 aromatic rings. The fraction of sp³-hybridized carbons (Fsp3) is 0.273. The lowest BCUT2D eigenvalue weighted by atomic mass is 10.1. The fourth-order valence-electron chi connectivity index (χ4n) is 1.21. The molecule has 0 spiro atoms. The monoisotopic (exact) mass is 249 g/mol. The molecule has 0 aliphatic heterocycles. The van der Waals surface area contributed by atoms with Crippen LogP contribution in [0.15, 0.2) is 36.9 Å². The summed E-state index contributed by atoms with van der Waals surface area (Å²) in [6.45, 7) is 0.785. The SMILES string of the molecule is C=CC[C@@H](N)c1ccc(OC(F)F)cc1.Cl. The molecule has 1 rings (SSSR count). The first-order valence-electron chi connectivity index (χ1n) is 4.54. The average Bonchev–Trinajstić information content (AvgIpc) is 2.18. The Morgan fingerprint density at radius 3 is 2.31 bits per heavy atom. The van der Waals surface area contributed by atoms with Crippen molar-refractivity contribution >= 4 is 12.4 Å². The second-order valence-electron chi connectivity index (χ2n) is 3.08. The highest BCUT2D eigenvalue weighted by atomic mass is 35.5. The van der Waals surface area contributed by atoms with Gasteiger partial charge in [-0.3, -0.25) is 0 Å². The Morgan fingerprint density at radius 2 is 1.88 bits per heavy atom. The normalized spacial score (nSPS) is 11.8. The highest BCUT2D eigenvalue weighted by molar-refractivity contribution is 5.85. The maximum Gasteiger partial charge on any atom is 0.387 e. The van der Waals surface area contributed by atoms with E-state index in [1.807, 2.05) is 0 Å². The minimum atomic E-state index is -2.79. The van der Waals surface area contributed by atoms with E-state index in [9.17, 15) is 8.78 Å². The number of hydrogen-bond donors (Lipinski definition) is 1. The van der Waals surface area contributed by atoms with Gasteiger partial charge in [0, 0.05) is 6.04 Å². The van der Waals surface area contributed by atoms with Gasteiger partial charge in [0.2, 0.25) is 0 Å². The van der Waals surface area contributed by atoms with Gasteiger partial charge in [-0.25, -0.2) is 0 Å². The van der Waals surface area contributed by atoms with Gasteiger partial charge in [-0.1, -0.05) is 18.2 Å². The largest absolute Gasteiger partial charge is 0.435 e. The summed E-state index contributed by atoms with van der Waals surface area (Å²) in [5.74, 6) is 0.138. The van der Waals surface area contributed by atoms with Crippen LogP contribution in [0.3, 0.4) is 0 Å². The molecule has 5 heteroatoms. The Morgan fingerprint density at radius 1 is 1.31 bits per heavy atom. The molecule has 0 aliphatic carbocycles. The molecule has 0 radical (unpaired) electrons. The lowest BCUT2D eigenvalue weighted by molar-refractivity contribution is -0.0498. The van der Waals surface area contributed by atoms with Gasteiger partial charge in [-0.05, 0) is 24.1 Å². The summed E-state index contributed by atoms with van der Waals surface area (Å²) in [6, 6.07) is 6.15. The third kappa shape index (κ3) is 4.59. The van der Waals surface area contributed by atoms with Gasteiger partial charge in [-0.15, -0.1) is 19.0 Å². The van der Waals surface area contributed by atoms with Crippen LogP contribution in [-0.2, 0) is 0 Å². The van der Waals surface area contributed by atoms with Gasteiger partial charge in [0.1, 0.15) is 5.75 Å². The van der Waals surface area contributed by atoms with Crippen molar-refractivity contribution in [3.05, 3.63) is 42.5 Å². The second kappa shape index (κ2) is 7.19. The van der Waals surface area contributed by atoms with E-state index in [2.05, 4.69) is 11.3 Å². The molecule has 0 aliphatic rings. The number of nitrogens with two attached hydrogens (primary N) is 1. The zero-order valence-corrected chi connectivity index (χ0v) is 9.42. The van der Waals surface area contributed by atoms with Gasteiger partial charge in [-0.2, -0.15) is 8.78 Å². The Balaban J connectivity index is 0.00000225. The molecule has 0 heterocycles. The number of halogens is 3. The van der Waals surface area contributed by atoms with Crippen molar-refractivity contribution in [1.29, 1.82) is 0 Å². The number of benzene rings is 1. The highest BCUT2D eigenvalue weighted by Gasteiger charge is 2.06. The topological polar surface area (TPSA) is 35.2 Å². The molecule has 2 nitrogen and oxygen atoms in total. The lowest BCUT2D eigenvalue weighted by Crippen LogP contribution is -2.09. The number of rotatable bonds is 5. The Labute approximate surface area is 99.5 Å². The summed E-state index contributed by atoms with van der Waals surface area (Å²) in [4.78, 5) is 0. The van der Waals surface area contributed by atoms with Crippen molar-refractivity contribution < 1.29 is 13.5 Å². The zero-order valence-electron chi connectivity index (χ0n) is 8.61. The summed E-state index contributed by atoms with van der Waals surface area (Å²) >= 11 is 0. The molecule has 1 aromatic carbocycles. The van der Waals surface area contributed by atoms with Gasteiger partial charge in [0.25, 0.3) is 0 Å². The van der Waals surface area contributed by atoms with Crippen molar-refractivity contribution in [3.8, 4) is 5.75 Å². The van der Waals surface area contributed by atoms with Crippen LogP contribution in [0.4, 0.5) is 8.78 Å². The van der Waals surface area contributed by atoms with Crippen LogP contribution < -0.4 is 10.5 Å². The Hall–Kier alpha value is -1.13. The zero-order chi connectivity index (χ0) is 11.3. The number of hydrogen-bond acceptors (Lipinski definition) is 2.